The van der Waals surface area contributed by atoms with Crippen LogP contribution in [0, 0.1) is 0 Å². The maximum Gasteiger partial charge on any atom is 0.217 e. The van der Waals surface area contributed by atoms with E-state index < -0.39 is 74.2 Å². The summed E-state index contributed by atoms with van der Waals surface area (Å²) in [5.41, 5.74) is 0. The van der Waals surface area contributed by atoms with Crippen molar-refractivity contribution in [2.45, 2.75) is 62.0 Å². The zero-order valence-electron chi connectivity index (χ0n) is 14.0. The van der Waals surface area contributed by atoms with Gasteiger partial charge in [0.05, 0.1) is 13.2 Å². The SMILES string of the molecule is CC(=O)N[C@@H](C=O)[C@@H](O)[C@H](O[C@@H]1O[C@H](CO)[C@@H](O)[C@H](O)[C@@H]1O)[C@H](O)CO. The van der Waals surface area contributed by atoms with Crippen molar-refractivity contribution < 1.29 is 54.8 Å². The third-order valence-electron chi connectivity index (χ3n) is 3.93. The highest BCUT2D eigenvalue weighted by Gasteiger charge is 2.46. The van der Waals surface area contributed by atoms with Gasteiger partial charge >= 0.3 is 0 Å². The minimum absolute atomic E-state index is 0.180. The molecule has 1 heterocycles. The average molecular weight is 383 g/mol. The molecule has 0 bridgehead atoms. The van der Waals surface area contributed by atoms with Crippen LogP contribution in [0.3, 0.4) is 0 Å². The molecule has 8 N–H and O–H groups in total. The van der Waals surface area contributed by atoms with Gasteiger partial charge < -0.3 is 55.3 Å². The van der Waals surface area contributed by atoms with Crippen LogP contribution in [0.2, 0.25) is 0 Å². The minimum atomic E-state index is -1.86. The molecule has 152 valence electrons. The first-order chi connectivity index (χ1) is 12.2. The number of aliphatic hydroxyl groups excluding tert-OH is 7. The van der Waals surface area contributed by atoms with E-state index in [9.17, 15) is 35.1 Å². The van der Waals surface area contributed by atoms with Gasteiger partial charge in [0.15, 0.2) is 6.29 Å². The summed E-state index contributed by atoms with van der Waals surface area (Å²) >= 11 is 0. The van der Waals surface area contributed by atoms with Crippen LogP contribution < -0.4 is 5.32 Å². The second kappa shape index (κ2) is 10.2. The van der Waals surface area contributed by atoms with E-state index in [0.717, 1.165) is 6.92 Å². The molecular formula is C14H25NO11. The number of nitrogens with one attached hydrogen (secondary N) is 1. The van der Waals surface area contributed by atoms with Gasteiger partial charge in [0.25, 0.3) is 0 Å². The standard InChI is InChI=1S/C14H25NO11/c1-5(19)15-6(2-16)9(21)13(7(20)3-17)26-14-12(24)11(23)10(22)8(4-18)25-14/h2,6-14,17-18,20-24H,3-4H2,1H3,(H,15,19)/t6-,7+,8+,9+,10+,11-,12-,13+,14-/m0/s1. The maximum atomic E-state index is 11.1. The number of carbonyl (C=O) groups is 2. The molecule has 1 aliphatic rings. The van der Waals surface area contributed by atoms with Gasteiger partial charge in [-0.3, -0.25) is 4.79 Å². The molecule has 0 aromatic rings. The van der Waals surface area contributed by atoms with E-state index >= 15 is 0 Å². The number of aldehydes is 1. The Bertz CT molecular complexity index is 462. The lowest BCUT2D eigenvalue weighted by Crippen LogP contribution is -2.62. The Balaban J connectivity index is 2.99. The van der Waals surface area contributed by atoms with Crippen molar-refractivity contribution in [3.05, 3.63) is 0 Å². The molecule has 0 aromatic heterocycles. The first kappa shape index (κ1) is 22.8. The quantitative estimate of drug-likeness (QED) is 0.176. The molecular weight excluding hydrogens is 358 g/mol. The zero-order chi connectivity index (χ0) is 20.0. The van der Waals surface area contributed by atoms with E-state index in [0.29, 0.717) is 0 Å². The average Bonchev–Trinajstić information content (AvgIpc) is 2.62. The maximum absolute atomic E-state index is 11.1. The van der Waals surface area contributed by atoms with Crippen LogP contribution >= 0.6 is 0 Å². The summed E-state index contributed by atoms with van der Waals surface area (Å²) < 4.78 is 10.3. The van der Waals surface area contributed by atoms with Gasteiger partial charge in [0, 0.05) is 6.92 Å². The number of carbonyl (C=O) groups excluding carboxylic acids is 2. The van der Waals surface area contributed by atoms with Crippen molar-refractivity contribution in [1.29, 1.82) is 0 Å². The minimum Gasteiger partial charge on any atom is -0.394 e. The molecule has 9 atom stereocenters. The second-order valence-electron chi connectivity index (χ2n) is 5.90. The van der Waals surface area contributed by atoms with Crippen molar-refractivity contribution in [2.75, 3.05) is 13.2 Å². The predicted molar refractivity (Wildman–Crippen MR) is 81.4 cm³/mol. The van der Waals surface area contributed by atoms with E-state index in [1.165, 1.54) is 0 Å². The lowest BCUT2D eigenvalue weighted by molar-refractivity contribution is -0.324. The third-order valence-corrected chi connectivity index (χ3v) is 3.93. The van der Waals surface area contributed by atoms with Crippen LogP contribution in [0.25, 0.3) is 0 Å². The summed E-state index contributed by atoms with van der Waals surface area (Å²) in [5.74, 6) is -0.661. The number of ether oxygens (including phenoxy) is 2. The van der Waals surface area contributed by atoms with Gasteiger partial charge in [-0.2, -0.15) is 0 Å². The topological polar surface area (TPSA) is 206 Å². The summed E-state index contributed by atoms with van der Waals surface area (Å²) in [6, 6.07) is -1.51. The van der Waals surface area contributed by atoms with Crippen LogP contribution in [0.4, 0.5) is 0 Å². The van der Waals surface area contributed by atoms with Crippen LogP contribution in [0.1, 0.15) is 6.92 Å². The second-order valence-corrected chi connectivity index (χ2v) is 5.90. The number of rotatable bonds is 9. The summed E-state index contributed by atoms with van der Waals surface area (Å²) in [5, 5.41) is 69.9. The normalized spacial score (nSPS) is 33.8. The van der Waals surface area contributed by atoms with E-state index in [4.69, 9.17) is 19.7 Å². The molecule has 0 aliphatic carbocycles. The van der Waals surface area contributed by atoms with E-state index in [1.807, 2.05) is 0 Å². The molecule has 0 aromatic carbocycles. The van der Waals surface area contributed by atoms with Crippen LogP contribution in [-0.4, -0.2) is 116 Å². The Kier molecular flexibility index (Phi) is 8.95. The Morgan fingerprint density at radius 2 is 1.81 bits per heavy atom. The van der Waals surface area contributed by atoms with Crippen molar-refractivity contribution in [2.24, 2.45) is 0 Å². The fourth-order valence-electron chi connectivity index (χ4n) is 2.48. The summed E-state index contributed by atoms with van der Waals surface area (Å²) in [4.78, 5) is 22.2. The summed E-state index contributed by atoms with van der Waals surface area (Å²) in [6.45, 7) is -0.562. The molecule has 1 amide bonds. The Morgan fingerprint density at radius 1 is 1.19 bits per heavy atom. The number of hydrogen-bond acceptors (Lipinski definition) is 11. The van der Waals surface area contributed by atoms with Gasteiger partial charge in [-0.25, -0.2) is 0 Å². The fourth-order valence-corrected chi connectivity index (χ4v) is 2.48. The molecule has 1 fully saturated rings. The molecule has 1 saturated heterocycles. The van der Waals surface area contributed by atoms with Gasteiger partial charge in [-0.1, -0.05) is 0 Å². The number of hydrogen-bond donors (Lipinski definition) is 8. The highest BCUT2D eigenvalue weighted by atomic mass is 16.7. The summed E-state index contributed by atoms with van der Waals surface area (Å²) in [7, 11) is 0. The Labute approximate surface area is 148 Å². The van der Waals surface area contributed by atoms with Gasteiger partial charge in [0.2, 0.25) is 5.91 Å². The van der Waals surface area contributed by atoms with E-state index in [-0.39, 0.29) is 6.29 Å². The largest absolute Gasteiger partial charge is 0.394 e. The smallest absolute Gasteiger partial charge is 0.217 e. The van der Waals surface area contributed by atoms with Crippen molar-refractivity contribution in [3.63, 3.8) is 0 Å². The highest BCUT2D eigenvalue weighted by molar-refractivity contribution is 5.77. The molecule has 26 heavy (non-hydrogen) atoms. The summed E-state index contributed by atoms with van der Waals surface area (Å²) in [6.07, 6.45) is -13.4. The molecule has 0 radical (unpaired) electrons. The molecule has 12 nitrogen and oxygen atoms in total. The Hall–Kier alpha value is -1.22. The van der Waals surface area contributed by atoms with Gasteiger partial charge in [0.1, 0.15) is 55.1 Å². The zero-order valence-corrected chi connectivity index (χ0v) is 14.0. The number of amides is 1. The van der Waals surface area contributed by atoms with Crippen molar-refractivity contribution >= 4 is 12.2 Å². The third kappa shape index (κ3) is 5.39. The molecule has 12 heteroatoms. The van der Waals surface area contributed by atoms with Gasteiger partial charge in [-0.15, -0.1) is 0 Å². The van der Waals surface area contributed by atoms with Gasteiger partial charge in [-0.05, 0) is 0 Å². The van der Waals surface area contributed by atoms with Crippen LogP contribution in [-0.2, 0) is 19.1 Å². The first-order valence-electron chi connectivity index (χ1n) is 7.83. The Morgan fingerprint density at radius 3 is 2.27 bits per heavy atom. The number of aliphatic hydroxyl groups is 7. The molecule has 0 unspecified atom stereocenters. The van der Waals surface area contributed by atoms with Crippen LogP contribution in [0.5, 0.6) is 0 Å². The highest BCUT2D eigenvalue weighted by Crippen LogP contribution is 2.24. The lowest BCUT2D eigenvalue weighted by atomic mass is 9.98. The molecule has 1 rings (SSSR count). The fraction of sp³-hybridized carbons (Fsp3) is 0.857. The first-order valence-corrected chi connectivity index (χ1v) is 7.83. The molecule has 1 aliphatic heterocycles. The van der Waals surface area contributed by atoms with Crippen LogP contribution in [0.15, 0.2) is 0 Å². The van der Waals surface area contributed by atoms with E-state index in [1.54, 1.807) is 0 Å². The lowest BCUT2D eigenvalue weighted by Gasteiger charge is -2.42. The molecule has 0 saturated carbocycles. The van der Waals surface area contributed by atoms with Crippen molar-refractivity contribution in [3.8, 4) is 0 Å². The monoisotopic (exact) mass is 383 g/mol. The van der Waals surface area contributed by atoms with E-state index in [2.05, 4.69) is 5.32 Å². The molecule has 0 spiro atoms. The van der Waals surface area contributed by atoms with Crippen molar-refractivity contribution in [1.82, 2.24) is 5.32 Å². The predicted octanol–water partition coefficient (Wildman–Crippen LogP) is -5.41.